The third kappa shape index (κ3) is 4.73. The summed E-state index contributed by atoms with van der Waals surface area (Å²) in [5, 5.41) is 1.11. The van der Waals surface area contributed by atoms with Gasteiger partial charge in [0.2, 0.25) is 0 Å². The van der Waals surface area contributed by atoms with Crippen molar-refractivity contribution in [1.82, 2.24) is 4.90 Å². The van der Waals surface area contributed by atoms with Crippen LogP contribution in [-0.4, -0.2) is 58.1 Å². The quantitative estimate of drug-likeness (QED) is 0.478. The summed E-state index contributed by atoms with van der Waals surface area (Å²) in [6.45, 7) is 4.19. The van der Waals surface area contributed by atoms with Crippen LogP contribution in [0.2, 0.25) is 10.0 Å². The first kappa shape index (κ1) is 24.7. The molecule has 3 aromatic carbocycles. The van der Waals surface area contributed by atoms with Gasteiger partial charge in [0.1, 0.15) is 5.75 Å². The van der Waals surface area contributed by atoms with Crippen LogP contribution >= 0.6 is 23.2 Å². The van der Waals surface area contributed by atoms with Gasteiger partial charge in [-0.1, -0.05) is 41.4 Å². The monoisotopic (exact) mass is 545 g/mol. The highest BCUT2D eigenvalue weighted by Gasteiger charge is 2.39. The first-order valence-electron chi connectivity index (χ1n) is 11.6. The van der Waals surface area contributed by atoms with Gasteiger partial charge in [-0.05, 0) is 61.0 Å². The molecular formula is C26H25Cl2N3O4S. The Morgan fingerprint density at radius 1 is 0.889 bits per heavy atom. The molecule has 1 fully saturated rings. The zero-order valence-corrected chi connectivity index (χ0v) is 21.9. The Bertz CT molecular complexity index is 1390. The molecular weight excluding hydrogens is 521 g/mol. The molecule has 2 aliphatic rings. The van der Waals surface area contributed by atoms with E-state index < -0.39 is 16.1 Å². The average Bonchev–Trinajstić information content (AvgIpc) is 2.89. The predicted octanol–water partition coefficient (Wildman–Crippen LogP) is 4.61. The van der Waals surface area contributed by atoms with E-state index in [1.165, 1.54) is 28.6 Å². The third-order valence-electron chi connectivity index (χ3n) is 6.52. The highest BCUT2D eigenvalue weighted by molar-refractivity contribution is 7.92. The van der Waals surface area contributed by atoms with Crippen LogP contribution in [-0.2, 0) is 14.8 Å². The zero-order chi connectivity index (χ0) is 25.4. The van der Waals surface area contributed by atoms with E-state index in [0.717, 1.165) is 11.3 Å². The minimum Gasteiger partial charge on any atom is -0.476 e. The molecule has 0 bridgehead atoms. The number of hydrogen-bond donors (Lipinski definition) is 0. The maximum absolute atomic E-state index is 13.5. The van der Waals surface area contributed by atoms with Crippen LogP contribution in [0.1, 0.15) is 5.56 Å². The molecule has 0 saturated carbocycles. The van der Waals surface area contributed by atoms with Crippen LogP contribution in [0.3, 0.4) is 0 Å². The molecule has 188 valence electrons. The van der Waals surface area contributed by atoms with Crippen molar-refractivity contribution in [3.8, 4) is 5.75 Å². The van der Waals surface area contributed by atoms with E-state index in [9.17, 15) is 13.2 Å². The van der Waals surface area contributed by atoms with E-state index in [1.54, 1.807) is 29.2 Å². The molecule has 2 heterocycles. The minimum absolute atomic E-state index is 0.0975. The highest BCUT2D eigenvalue weighted by Crippen LogP contribution is 2.37. The Morgan fingerprint density at radius 2 is 1.56 bits per heavy atom. The molecule has 1 saturated heterocycles. The van der Waals surface area contributed by atoms with Crippen molar-refractivity contribution in [2.45, 2.75) is 17.9 Å². The summed E-state index contributed by atoms with van der Waals surface area (Å²) in [4.78, 5) is 17.5. The van der Waals surface area contributed by atoms with Gasteiger partial charge in [-0.25, -0.2) is 8.42 Å². The second-order valence-electron chi connectivity index (χ2n) is 8.81. The Hall–Kier alpha value is -2.94. The molecule has 0 radical (unpaired) electrons. The lowest BCUT2D eigenvalue weighted by atomic mass is 10.1. The Kier molecular flexibility index (Phi) is 6.76. The average molecular weight is 546 g/mol. The fourth-order valence-corrected chi connectivity index (χ4v) is 6.36. The number of fused-ring (bicyclic) bond motifs is 1. The van der Waals surface area contributed by atoms with Crippen molar-refractivity contribution in [2.75, 3.05) is 41.9 Å². The molecule has 1 atom stereocenters. The summed E-state index contributed by atoms with van der Waals surface area (Å²) in [5.41, 5.74) is 2.57. The van der Waals surface area contributed by atoms with Gasteiger partial charge < -0.3 is 14.5 Å². The van der Waals surface area contributed by atoms with E-state index in [4.69, 9.17) is 27.9 Å². The Balaban J connectivity index is 1.36. The molecule has 10 heteroatoms. The Labute approximate surface area is 220 Å². The molecule has 0 aromatic heterocycles. The number of amides is 1. The first-order chi connectivity index (χ1) is 17.2. The summed E-state index contributed by atoms with van der Waals surface area (Å²) in [6, 6.07) is 18.6. The molecule has 0 spiro atoms. The van der Waals surface area contributed by atoms with E-state index in [0.29, 0.717) is 47.7 Å². The normalized spacial score (nSPS) is 18.0. The van der Waals surface area contributed by atoms with Gasteiger partial charge in [0.25, 0.3) is 15.9 Å². The summed E-state index contributed by atoms with van der Waals surface area (Å²) >= 11 is 12.1. The van der Waals surface area contributed by atoms with Crippen LogP contribution in [0.4, 0.5) is 11.4 Å². The Morgan fingerprint density at radius 3 is 2.28 bits per heavy atom. The van der Waals surface area contributed by atoms with Gasteiger partial charge in [0.05, 0.1) is 17.1 Å². The van der Waals surface area contributed by atoms with Crippen LogP contribution < -0.4 is 13.9 Å². The van der Waals surface area contributed by atoms with Gasteiger partial charge in [0.15, 0.2) is 6.10 Å². The third-order valence-corrected chi connectivity index (χ3v) is 8.80. The maximum Gasteiger partial charge on any atom is 0.265 e. The van der Waals surface area contributed by atoms with Crippen molar-refractivity contribution < 1.29 is 17.9 Å². The molecule has 3 aromatic rings. The molecule has 0 N–H and O–H groups in total. The van der Waals surface area contributed by atoms with Crippen LogP contribution in [0.5, 0.6) is 5.75 Å². The number of carbonyl (C=O) groups excluding carboxylic acids is 1. The summed E-state index contributed by atoms with van der Waals surface area (Å²) in [7, 11) is -3.94. The number of anilines is 2. The van der Waals surface area contributed by atoms with Crippen LogP contribution in [0.15, 0.2) is 71.6 Å². The summed E-state index contributed by atoms with van der Waals surface area (Å²) in [6.07, 6.45) is -0.957. The molecule has 0 aliphatic carbocycles. The van der Waals surface area contributed by atoms with Gasteiger partial charge in [-0.15, -0.1) is 0 Å². The molecule has 1 amide bonds. The number of piperazine rings is 1. The van der Waals surface area contributed by atoms with Gasteiger partial charge in [0, 0.05) is 41.9 Å². The first-order valence-corrected chi connectivity index (χ1v) is 13.8. The number of carbonyl (C=O) groups is 1. The van der Waals surface area contributed by atoms with E-state index >= 15 is 0 Å². The van der Waals surface area contributed by atoms with Crippen molar-refractivity contribution >= 4 is 50.5 Å². The number of rotatable bonds is 4. The second-order valence-corrected chi connectivity index (χ2v) is 11.5. The SMILES string of the molecule is Cc1ccc(Cl)cc1N1CCN(C(=O)[C@H]2CN(S(=O)(=O)c3ccc(Cl)cc3)c3ccccc3O2)CC1. The lowest BCUT2D eigenvalue weighted by molar-refractivity contribution is -0.138. The zero-order valence-electron chi connectivity index (χ0n) is 19.6. The summed E-state index contributed by atoms with van der Waals surface area (Å²) < 4.78 is 34.4. The molecule has 2 aliphatic heterocycles. The summed E-state index contributed by atoms with van der Waals surface area (Å²) in [5.74, 6) is 0.121. The van der Waals surface area contributed by atoms with Crippen molar-refractivity contribution in [1.29, 1.82) is 0 Å². The van der Waals surface area contributed by atoms with Gasteiger partial charge >= 0.3 is 0 Å². The molecule has 36 heavy (non-hydrogen) atoms. The van der Waals surface area contributed by atoms with E-state index in [-0.39, 0.29) is 17.3 Å². The molecule has 0 unspecified atom stereocenters. The number of hydrogen-bond acceptors (Lipinski definition) is 5. The van der Waals surface area contributed by atoms with Gasteiger partial charge in [-0.3, -0.25) is 9.10 Å². The molecule has 5 rings (SSSR count). The number of sulfonamides is 1. The fourth-order valence-electron chi connectivity index (χ4n) is 4.59. The van der Waals surface area contributed by atoms with Crippen LogP contribution in [0, 0.1) is 6.92 Å². The lowest BCUT2D eigenvalue weighted by Gasteiger charge is -2.40. The fraction of sp³-hybridized carbons (Fsp3) is 0.269. The number of halogens is 2. The van der Waals surface area contributed by atoms with Crippen molar-refractivity contribution in [3.63, 3.8) is 0 Å². The highest BCUT2D eigenvalue weighted by atomic mass is 35.5. The smallest absolute Gasteiger partial charge is 0.265 e. The second kappa shape index (κ2) is 9.84. The number of benzene rings is 3. The number of nitrogens with zero attached hydrogens (tertiary/aromatic N) is 3. The predicted molar refractivity (Wildman–Crippen MR) is 142 cm³/mol. The minimum atomic E-state index is -3.94. The standard InChI is InChI=1S/C26H25Cl2N3O4S/c1-18-6-7-20(28)16-23(18)29-12-14-30(15-13-29)26(32)25-17-31(22-4-2-3-5-24(22)35-25)36(33,34)21-10-8-19(27)9-11-21/h2-11,16,25H,12-15,17H2,1H3/t25-/m1/s1. The number of ether oxygens (including phenoxy) is 1. The number of para-hydroxylation sites is 2. The van der Waals surface area contributed by atoms with Crippen LogP contribution in [0.25, 0.3) is 0 Å². The lowest BCUT2D eigenvalue weighted by Crippen LogP contribution is -2.56. The van der Waals surface area contributed by atoms with Crippen molar-refractivity contribution in [3.05, 3.63) is 82.3 Å². The number of aryl methyl sites for hydroxylation is 1. The van der Waals surface area contributed by atoms with E-state index in [1.807, 2.05) is 25.1 Å². The largest absolute Gasteiger partial charge is 0.476 e. The maximum atomic E-state index is 13.5. The molecule has 7 nitrogen and oxygen atoms in total. The topological polar surface area (TPSA) is 70.2 Å². The van der Waals surface area contributed by atoms with Gasteiger partial charge in [-0.2, -0.15) is 0 Å². The van der Waals surface area contributed by atoms with Crippen molar-refractivity contribution in [2.24, 2.45) is 0 Å². The van der Waals surface area contributed by atoms with E-state index in [2.05, 4.69) is 4.90 Å².